The number of rotatable bonds is 3. The molecule has 0 radical (unpaired) electrons. The fourth-order valence-corrected chi connectivity index (χ4v) is 1.46. The Kier molecular flexibility index (Phi) is 2.20. The molecule has 0 saturated carbocycles. The van der Waals surface area contributed by atoms with Gasteiger partial charge in [0.25, 0.3) is 0 Å². The number of carboxylic acid groups (broad SMARTS) is 1. The third kappa shape index (κ3) is 1.60. The summed E-state index contributed by atoms with van der Waals surface area (Å²) in [6.07, 6.45) is 0. The second-order valence-electron chi connectivity index (χ2n) is 3.53. The monoisotopic (exact) mass is 197 g/mol. The molecule has 1 fully saturated rings. The first-order valence-electron chi connectivity index (χ1n) is 4.40. The Morgan fingerprint density at radius 2 is 2.36 bits per heavy atom. The number of aromatic nitrogens is 2. The molecule has 0 spiro atoms. The van der Waals surface area contributed by atoms with Gasteiger partial charge in [-0.25, -0.2) is 4.63 Å². The van der Waals surface area contributed by atoms with Gasteiger partial charge in [0.2, 0.25) is 0 Å². The average Bonchev–Trinajstić information content (AvgIpc) is 2.42. The molecule has 1 aromatic heterocycles. The number of likely N-dealkylation sites (tertiary alicyclic amines) is 1. The number of hydrogen-bond acceptors (Lipinski definition) is 5. The zero-order chi connectivity index (χ0) is 10.1. The van der Waals surface area contributed by atoms with E-state index in [4.69, 9.17) is 5.11 Å². The summed E-state index contributed by atoms with van der Waals surface area (Å²) in [6, 6.07) is 0. The van der Waals surface area contributed by atoms with E-state index in [0.29, 0.717) is 19.6 Å². The Morgan fingerprint density at radius 3 is 2.86 bits per heavy atom. The molecule has 1 saturated heterocycles. The van der Waals surface area contributed by atoms with Gasteiger partial charge >= 0.3 is 5.97 Å². The zero-order valence-corrected chi connectivity index (χ0v) is 7.80. The molecule has 0 atom stereocenters. The lowest BCUT2D eigenvalue weighted by molar-refractivity contribution is -0.147. The van der Waals surface area contributed by atoms with Crippen LogP contribution in [0.5, 0.6) is 0 Å². The molecule has 76 valence electrons. The van der Waals surface area contributed by atoms with Gasteiger partial charge in [-0.1, -0.05) is 10.3 Å². The minimum atomic E-state index is -0.726. The summed E-state index contributed by atoms with van der Waals surface area (Å²) >= 11 is 0. The van der Waals surface area contributed by atoms with Crippen molar-refractivity contribution in [1.82, 2.24) is 15.2 Å². The molecule has 0 aliphatic carbocycles. The highest BCUT2D eigenvalue weighted by Crippen LogP contribution is 2.18. The predicted molar refractivity (Wildman–Crippen MR) is 45.4 cm³/mol. The van der Waals surface area contributed by atoms with Crippen molar-refractivity contribution in [3.05, 3.63) is 11.4 Å². The van der Waals surface area contributed by atoms with Gasteiger partial charge in [-0.15, -0.1) is 0 Å². The molecule has 0 unspecified atom stereocenters. The van der Waals surface area contributed by atoms with Crippen LogP contribution in [-0.4, -0.2) is 39.4 Å². The number of carbonyl (C=O) groups is 1. The standard InChI is InChI=1S/C8H11N3O3/c1-5-7(10-14-9-5)4-11-2-6(3-11)8(12)13/h6H,2-4H2,1H3,(H,12,13). The highest BCUT2D eigenvalue weighted by atomic mass is 16.6. The van der Waals surface area contributed by atoms with Crippen molar-refractivity contribution in [2.75, 3.05) is 13.1 Å². The topological polar surface area (TPSA) is 79.5 Å². The van der Waals surface area contributed by atoms with Crippen molar-refractivity contribution in [3.63, 3.8) is 0 Å². The summed E-state index contributed by atoms with van der Waals surface area (Å²) in [7, 11) is 0. The Bertz CT molecular complexity index is 343. The average molecular weight is 197 g/mol. The van der Waals surface area contributed by atoms with E-state index in [-0.39, 0.29) is 5.92 Å². The van der Waals surface area contributed by atoms with Gasteiger partial charge in [-0.3, -0.25) is 9.69 Å². The van der Waals surface area contributed by atoms with Crippen molar-refractivity contribution in [2.24, 2.45) is 5.92 Å². The highest BCUT2D eigenvalue weighted by molar-refractivity contribution is 5.71. The van der Waals surface area contributed by atoms with E-state index in [1.807, 2.05) is 11.8 Å². The van der Waals surface area contributed by atoms with Crippen molar-refractivity contribution < 1.29 is 14.5 Å². The third-order valence-corrected chi connectivity index (χ3v) is 2.43. The van der Waals surface area contributed by atoms with E-state index in [1.54, 1.807) is 0 Å². The smallest absolute Gasteiger partial charge is 0.309 e. The molecule has 14 heavy (non-hydrogen) atoms. The summed E-state index contributed by atoms with van der Waals surface area (Å²) < 4.78 is 4.55. The van der Waals surface area contributed by atoms with Crippen molar-refractivity contribution >= 4 is 5.97 Å². The van der Waals surface area contributed by atoms with Crippen LogP contribution in [0.15, 0.2) is 4.63 Å². The van der Waals surface area contributed by atoms with E-state index >= 15 is 0 Å². The zero-order valence-electron chi connectivity index (χ0n) is 7.80. The second kappa shape index (κ2) is 3.38. The maximum atomic E-state index is 10.5. The van der Waals surface area contributed by atoms with Crippen molar-refractivity contribution in [2.45, 2.75) is 13.5 Å². The lowest BCUT2D eigenvalue weighted by atomic mass is 10.0. The molecule has 0 amide bonds. The quantitative estimate of drug-likeness (QED) is 0.728. The minimum Gasteiger partial charge on any atom is -0.481 e. The first-order chi connectivity index (χ1) is 6.66. The summed E-state index contributed by atoms with van der Waals surface area (Å²) in [5, 5.41) is 16.0. The first kappa shape index (κ1) is 9.14. The number of aryl methyl sites for hydroxylation is 1. The summed E-state index contributed by atoms with van der Waals surface area (Å²) in [4.78, 5) is 12.5. The lowest BCUT2D eigenvalue weighted by Crippen LogP contribution is -2.49. The van der Waals surface area contributed by atoms with E-state index in [0.717, 1.165) is 11.4 Å². The maximum absolute atomic E-state index is 10.5. The van der Waals surface area contributed by atoms with Gasteiger partial charge in [-0.05, 0) is 6.92 Å². The Morgan fingerprint density at radius 1 is 1.64 bits per heavy atom. The van der Waals surface area contributed by atoms with Crippen LogP contribution in [0.2, 0.25) is 0 Å². The van der Waals surface area contributed by atoms with Crippen LogP contribution in [0.3, 0.4) is 0 Å². The molecule has 6 nitrogen and oxygen atoms in total. The molecule has 0 bridgehead atoms. The Balaban J connectivity index is 1.85. The fraction of sp³-hybridized carbons (Fsp3) is 0.625. The van der Waals surface area contributed by atoms with E-state index in [9.17, 15) is 4.79 Å². The van der Waals surface area contributed by atoms with Crippen molar-refractivity contribution in [3.8, 4) is 0 Å². The highest BCUT2D eigenvalue weighted by Gasteiger charge is 2.32. The van der Waals surface area contributed by atoms with Crippen LogP contribution in [0.1, 0.15) is 11.4 Å². The van der Waals surface area contributed by atoms with Crippen LogP contribution in [0.4, 0.5) is 0 Å². The van der Waals surface area contributed by atoms with Gasteiger partial charge in [0, 0.05) is 19.6 Å². The number of nitrogens with zero attached hydrogens (tertiary/aromatic N) is 3. The molecule has 6 heteroatoms. The van der Waals surface area contributed by atoms with E-state index < -0.39 is 5.97 Å². The van der Waals surface area contributed by atoms with Crippen LogP contribution in [0.25, 0.3) is 0 Å². The summed E-state index contributed by atoms with van der Waals surface area (Å²) in [5.41, 5.74) is 1.55. The van der Waals surface area contributed by atoms with E-state index in [1.165, 1.54) is 0 Å². The fourth-order valence-electron chi connectivity index (χ4n) is 1.46. The molecule has 1 aliphatic rings. The number of carboxylic acids is 1. The van der Waals surface area contributed by atoms with Gasteiger partial charge < -0.3 is 5.11 Å². The molecule has 0 aromatic carbocycles. The normalized spacial score (nSPS) is 18.1. The van der Waals surface area contributed by atoms with Gasteiger partial charge in [0.15, 0.2) is 0 Å². The molecular formula is C8H11N3O3. The lowest BCUT2D eigenvalue weighted by Gasteiger charge is -2.35. The van der Waals surface area contributed by atoms with Gasteiger partial charge in [0.05, 0.1) is 5.92 Å². The minimum absolute atomic E-state index is 0.227. The summed E-state index contributed by atoms with van der Waals surface area (Å²) in [5.74, 6) is -0.952. The first-order valence-corrected chi connectivity index (χ1v) is 4.40. The summed E-state index contributed by atoms with van der Waals surface area (Å²) in [6.45, 7) is 3.61. The number of aliphatic carboxylic acids is 1. The number of hydrogen-bond donors (Lipinski definition) is 1. The second-order valence-corrected chi connectivity index (χ2v) is 3.53. The van der Waals surface area contributed by atoms with Gasteiger partial charge in [0.1, 0.15) is 11.4 Å². The molecule has 2 heterocycles. The SMILES string of the molecule is Cc1nonc1CN1CC(C(=O)O)C1. The molecule has 2 rings (SSSR count). The molecular weight excluding hydrogens is 186 g/mol. The predicted octanol–water partition coefficient (Wildman–Crippen LogP) is -0.106. The molecule has 1 aromatic rings. The van der Waals surface area contributed by atoms with Crippen LogP contribution in [0, 0.1) is 12.8 Å². The van der Waals surface area contributed by atoms with E-state index in [2.05, 4.69) is 14.9 Å². The van der Waals surface area contributed by atoms with Crippen LogP contribution >= 0.6 is 0 Å². The third-order valence-electron chi connectivity index (χ3n) is 2.43. The van der Waals surface area contributed by atoms with Crippen molar-refractivity contribution in [1.29, 1.82) is 0 Å². The molecule has 1 N–H and O–H groups in total. The Labute approximate surface area is 80.5 Å². The van der Waals surface area contributed by atoms with Crippen LogP contribution < -0.4 is 0 Å². The van der Waals surface area contributed by atoms with Gasteiger partial charge in [-0.2, -0.15) is 0 Å². The Hall–Kier alpha value is -1.43. The van der Waals surface area contributed by atoms with Crippen LogP contribution in [-0.2, 0) is 11.3 Å². The molecule has 1 aliphatic heterocycles. The largest absolute Gasteiger partial charge is 0.481 e. The maximum Gasteiger partial charge on any atom is 0.309 e.